The molecule has 19 heavy (non-hydrogen) atoms. The molecule has 2 amide bonds. The first-order chi connectivity index (χ1) is 8.97. The van der Waals surface area contributed by atoms with Crippen molar-refractivity contribution in [3.05, 3.63) is 18.2 Å². The van der Waals surface area contributed by atoms with Crippen molar-refractivity contribution in [1.29, 1.82) is 0 Å². The third-order valence-electron chi connectivity index (χ3n) is 2.45. The standard InChI is InChI=1S/C13H19N3O3/c1-8(2)13(18)15-9-4-5-11(19-3)10(6-9)16-12(17)7-14/h4-6,8H,7,14H2,1-3H3,(H,15,18)(H,16,17). The van der Waals surface area contributed by atoms with E-state index in [9.17, 15) is 9.59 Å². The van der Waals surface area contributed by atoms with Crippen LogP contribution < -0.4 is 21.1 Å². The molecule has 0 aliphatic heterocycles. The maximum atomic E-state index is 11.6. The summed E-state index contributed by atoms with van der Waals surface area (Å²) in [5.74, 6) is -0.0413. The van der Waals surface area contributed by atoms with Crippen LogP contribution in [0.5, 0.6) is 5.75 Å². The Hall–Kier alpha value is -2.08. The summed E-state index contributed by atoms with van der Waals surface area (Å²) in [7, 11) is 1.50. The average molecular weight is 265 g/mol. The molecule has 0 spiro atoms. The number of benzene rings is 1. The van der Waals surface area contributed by atoms with Gasteiger partial charge >= 0.3 is 0 Å². The summed E-state index contributed by atoms with van der Waals surface area (Å²) in [6, 6.07) is 5.01. The first kappa shape index (κ1) is 15.0. The molecule has 1 rings (SSSR count). The number of hydrogen-bond donors (Lipinski definition) is 3. The van der Waals surface area contributed by atoms with Crippen LogP contribution in [0.3, 0.4) is 0 Å². The molecule has 6 heteroatoms. The van der Waals surface area contributed by atoms with Gasteiger partial charge in [-0.05, 0) is 18.2 Å². The molecule has 1 aromatic carbocycles. The zero-order valence-electron chi connectivity index (χ0n) is 11.3. The smallest absolute Gasteiger partial charge is 0.238 e. The molecular weight excluding hydrogens is 246 g/mol. The van der Waals surface area contributed by atoms with E-state index in [-0.39, 0.29) is 24.3 Å². The highest BCUT2D eigenvalue weighted by Crippen LogP contribution is 2.27. The maximum absolute atomic E-state index is 11.6. The second-order valence-electron chi connectivity index (χ2n) is 4.31. The minimum Gasteiger partial charge on any atom is -0.495 e. The van der Waals surface area contributed by atoms with Crippen molar-refractivity contribution in [2.75, 3.05) is 24.3 Å². The fourth-order valence-corrected chi connectivity index (χ4v) is 1.37. The van der Waals surface area contributed by atoms with Gasteiger partial charge < -0.3 is 21.1 Å². The van der Waals surface area contributed by atoms with E-state index in [1.807, 2.05) is 0 Å². The number of amides is 2. The van der Waals surface area contributed by atoms with Gasteiger partial charge in [-0.2, -0.15) is 0 Å². The van der Waals surface area contributed by atoms with Crippen molar-refractivity contribution < 1.29 is 14.3 Å². The quantitative estimate of drug-likeness (QED) is 0.745. The molecule has 0 aromatic heterocycles. The number of carbonyl (C=O) groups excluding carboxylic acids is 2. The number of methoxy groups -OCH3 is 1. The Labute approximate surface area is 112 Å². The molecule has 0 heterocycles. The summed E-state index contributed by atoms with van der Waals surface area (Å²) in [6.45, 7) is 3.48. The zero-order chi connectivity index (χ0) is 14.4. The SMILES string of the molecule is COc1ccc(NC(=O)C(C)C)cc1NC(=O)CN. The fraction of sp³-hybridized carbons (Fsp3) is 0.385. The van der Waals surface area contributed by atoms with Crippen LogP contribution in [0.2, 0.25) is 0 Å². The highest BCUT2D eigenvalue weighted by molar-refractivity contribution is 5.96. The van der Waals surface area contributed by atoms with E-state index in [1.165, 1.54) is 7.11 Å². The Morgan fingerprint density at radius 1 is 1.32 bits per heavy atom. The van der Waals surface area contributed by atoms with Crippen molar-refractivity contribution in [1.82, 2.24) is 0 Å². The maximum Gasteiger partial charge on any atom is 0.238 e. The molecule has 1 aromatic rings. The molecule has 0 atom stereocenters. The van der Waals surface area contributed by atoms with E-state index in [4.69, 9.17) is 10.5 Å². The summed E-state index contributed by atoms with van der Waals surface area (Å²) in [5, 5.41) is 5.36. The summed E-state index contributed by atoms with van der Waals surface area (Å²) in [6.07, 6.45) is 0. The Morgan fingerprint density at radius 3 is 2.53 bits per heavy atom. The Morgan fingerprint density at radius 2 is 2.00 bits per heavy atom. The Kier molecular flexibility index (Phi) is 5.32. The second kappa shape index (κ2) is 6.75. The van der Waals surface area contributed by atoms with Gasteiger partial charge in [0.1, 0.15) is 5.75 Å². The Bertz CT molecular complexity index is 472. The summed E-state index contributed by atoms with van der Waals surface area (Å²) in [5.41, 5.74) is 6.31. The molecular formula is C13H19N3O3. The third-order valence-corrected chi connectivity index (χ3v) is 2.45. The van der Waals surface area contributed by atoms with Crippen molar-refractivity contribution >= 4 is 23.2 Å². The first-order valence-corrected chi connectivity index (χ1v) is 5.96. The van der Waals surface area contributed by atoms with E-state index >= 15 is 0 Å². The van der Waals surface area contributed by atoms with Crippen LogP contribution in [0.25, 0.3) is 0 Å². The lowest BCUT2D eigenvalue weighted by molar-refractivity contribution is -0.119. The van der Waals surface area contributed by atoms with Crippen LogP contribution in [0.15, 0.2) is 18.2 Å². The van der Waals surface area contributed by atoms with Crippen LogP contribution in [0, 0.1) is 5.92 Å². The molecule has 0 saturated carbocycles. The molecule has 6 nitrogen and oxygen atoms in total. The predicted molar refractivity (Wildman–Crippen MR) is 74.1 cm³/mol. The molecule has 0 radical (unpaired) electrons. The Balaban J connectivity index is 2.94. The number of anilines is 2. The molecule has 0 aliphatic rings. The fourth-order valence-electron chi connectivity index (χ4n) is 1.37. The van der Waals surface area contributed by atoms with Gasteiger partial charge in [0, 0.05) is 11.6 Å². The monoisotopic (exact) mass is 265 g/mol. The predicted octanol–water partition coefficient (Wildman–Crippen LogP) is 1.19. The van der Waals surface area contributed by atoms with Gasteiger partial charge in [0.15, 0.2) is 0 Å². The van der Waals surface area contributed by atoms with Crippen LogP contribution in [-0.2, 0) is 9.59 Å². The van der Waals surface area contributed by atoms with Crippen molar-refractivity contribution in [3.63, 3.8) is 0 Å². The third kappa shape index (κ3) is 4.26. The summed E-state index contributed by atoms with van der Waals surface area (Å²) in [4.78, 5) is 22.9. The second-order valence-corrected chi connectivity index (χ2v) is 4.31. The van der Waals surface area contributed by atoms with E-state index < -0.39 is 0 Å². The lowest BCUT2D eigenvalue weighted by Gasteiger charge is -2.13. The van der Waals surface area contributed by atoms with Gasteiger partial charge in [-0.25, -0.2) is 0 Å². The topological polar surface area (TPSA) is 93.5 Å². The number of hydrogen-bond acceptors (Lipinski definition) is 4. The molecule has 0 aliphatic carbocycles. The van der Waals surface area contributed by atoms with Crippen molar-refractivity contribution in [2.45, 2.75) is 13.8 Å². The molecule has 0 unspecified atom stereocenters. The van der Waals surface area contributed by atoms with E-state index in [0.717, 1.165) is 0 Å². The highest BCUT2D eigenvalue weighted by Gasteiger charge is 2.11. The number of rotatable bonds is 5. The van der Waals surface area contributed by atoms with Gasteiger partial charge in [0.25, 0.3) is 0 Å². The first-order valence-electron chi connectivity index (χ1n) is 5.96. The minimum atomic E-state index is -0.328. The molecule has 0 bridgehead atoms. The molecule has 0 saturated heterocycles. The average Bonchev–Trinajstić information content (AvgIpc) is 2.38. The minimum absolute atomic E-state index is 0.0960. The number of carbonyl (C=O) groups is 2. The van der Waals surface area contributed by atoms with Crippen LogP contribution >= 0.6 is 0 Å². The molecule has 0 fully saturated rings. The van der Waals surface area contributed by atoms with Gasteiger partial charge in [0.05, 0.1) is 19.3 Å². The largest absolute Gasteiger partial charge is 0.495 e. The lowest BCUT2D eigenvalue weighted by Crippen LogP contribution is -2.22. The number of nitrogens with two attached hydrogens (primary N) is 1. The van der Waals surface area contributed by atoms with Crippen molar-refractivity contribution in [2.24, 2.45) is 11.7 Å². The lowest BCUT2D eigenvalue weighted by atomic mass is 10.2. The van der Waals surface area contributed by atoms with Crippen molar-refractivity contribution in [3.8, 4) is 5.75 Å². The summed E-state index contributed by atoms with van der Waals surface area (Å²) >= 11 is 0. The van der Waals surface area contributed by atoms with Crippen LogP contribution in [-0.4, -0.2) is 25.5 Å². The van der Waals surface area contributed by atoms with Crippen LogP contribution in [0.4, 0.5) is 11.4 Å². The number of ether oxygens (including phenoxy) is 1. The zero-order valence-corrected chi connectivity index (χ0v) is 11.3. The number of nitrogens with one attached hydrogen (secondary N) is 2. The summed E-state index contributed by atoms with van der Waals surface area (Å²) < 4.78 is 5.13. The van der Waals surface area contributed by atoms with Crippen LogP contribution in [0.1, 0.15) is 13.8 Å². The molecule has 4 N–H and O–H groups in total. The molecule has 104 valence electrons. The van der Waals surface area contributed by atoms with Gasteiger partial charge in [0.2, 0.25) is 11.8 Å². The van der Waals surface area contributed by atoms with Gasteiger partial charge in [-0.3, -0.25) is 9.59 Å². The van der Waals surface area contributed by atoms with E-state index in [0.29, 0.717) is 17.1 Å². The normalized spacial score (nSPS) is 10.2. The van der Waals surface area contributed by atoms with Gasteiger partial charge in [-0.1, -0.05) is 13.8 Å². The van der Waals surface area contributed by atoms with E-state index in [2.05, 4.69) is 10.6 Å². The highest BCUT2D eigenvalue weighted by atomic mass is 16.5. The van der Waals surface area contributed by atoms with Gasteiger partial charge in [-0.15, -0.1) is 0 Å². The van der Waals surface area contributed by atoms with E-state index in [1.54, 1.807) is 32.0 Å².